The lowest BCUT2D eigenvalue weighted by atomic mass is 10.1. The van der Waals surface area contributed by atoms with Gasteiger partial charge in [0, 0.05) is 25.4 Å². The molecule has 158 valence electrons. The molecule has 1 N–H and O–H groups in total. The molecule has 0 aliphatic carbocycles. The third-order valence-electron chi connectivity index (χ3n) is 4.33. The summed E-state index contributed by atoms with van der Waals surface area (Å²) in [5.74, 6) is 1.84. The normalized spacial score (nSPS) is 10.6. The summed E-state index contributed by atoms with van der Waals surface area (Å²) in [5, 5.41) is 3.88. The minimum atomic E-state index is 0.434. The molecule has 0 bridgehead atoms. The average Bonchev–Trinajstić information content (AvgIpc) is 2.74. The van der Waals surface area contributed by atoms with Gasteiger partial charge in [0.1, 0.15) is 13.2 Å². The lowest BCUT2D eigenvalue weighted by Crippen LogP contribution is -2.20. The molecule has 0 unspecified atom stereocenters. The average molecular weight is 427 g/mol. The number of benzene rings is 2. The highest BCUT2D eigenvalue weighted by Gasteiger charge is 2.13. The fraction of sp³-hybridized carbons (Fsp3) is 0.292. The van der Waals surface area contributed by atoms with E-state index in [0.717, 1.165) is 11.1 Å². The maximum absolute atomic E-state index is 6.52. The van der Waals surface area contributed by atoms with Gasteiger partial charge in [-0.2, -0.15) is 0 Å². The lowest BCUT2D eigenvalue weighted by molar-refractivity contribution is 0.269. The molecule has 30 heavy (non-hydrogen) atoms. The van der Waals surface area contributed by atoms with Crippen LogP contribution in [0.25, 0.3) is 0 Å². The van der Waals surface area contributed by atoms with Crippen LogP contribution in [0.15, 0.2) is 60.8 Å². The van der Waals surface area contributed by atoms with E-state index < -0.39 is 0 Å². The molecule has 0 saturated heterocycles. The molecule has 0 amide bonds. The molecular formula is C24H27ClN2O3. The summed E-state index contributed by atoms with van der Waals surface area (Å²) < 4.78 is 17.4. The molecule has 0 radical (unpaired) electrons. The largest absolute Gasteiger partial charge is 0.490 e. The number of ether oxygens (including phenoxy) is 3. The van der Waals surface area contributed by atoms with Gasteiger partial charge in [0.15, 0.2) is 11.5 Å². The summed E-state index contributed by atoms with van der Waals surface area (Å²) in [7, 11) is 0. The number of pyridine rings is 1. The smallest absolute Gasteiger partial charge is 0.213 e. The third-order valence-corrected chi connectivity index (χ3v) is 4.61. The van der Waals surface area contributed by atoms with Crippen LogP contribution in [0.4, 0.5) is 0 Å². The second kappa shape index (κ2) is 11.4. The van der Waals surface area contributed by atoms with E-state index in [1.807, 2.05) is 49.4 Å². The molecule has 3 aromatic rings. The number of halogens is 1. The van der Waals surface area contributed by atoms with Crippen molar-refractivity contribution in [2.45, 2.75) is 27.0 Å². The van der Waals surface area contributed by atoms with Gasteiger partial charge in [-0.3, -0.25) is 0 Å². The molecule has 0 aliphatic rings. The minimum Gasteiger partial charge on any atom is -0.490 e. The van der Waals surface area contributed by atoms with Gasteiger partial charge in [-0.25, -0.2) is 4.98 Å². The van der Waals surface area contributed by atoms with E-state index in [-0.39, 0.29) is 0 Å². The topological polar surface area (TPSA) is 52.6 Å². The Morgan fingerprint density at radius 2 is 1.87 bits per heavy atom. The molecule has 0 spiro atoms. The van der Waals surface area contributed by atoms with E-state index in [1.165, 1.54) is 5.56 Å². The van der Waals surface area contributed by atoms with Gasteiger partial charge >= 0.3 is 0 Å². The van der Waals surface area contributed by atoms with Crippen LogP contribution in [0.1, 0.15) is 23.6 Å². The van der Waals surface area contributed by atoms with Crippen LogP contribution >= 0.6 is 11.6 Å². The molecule has 3 rings (SSSR count). The molecule has 0 aliphatic heterocycles. The van der Waals surface area contributed by atoms with Crippen LogP contribution in [0, 0.1) is 6.92 Å². The summed E-state index contributed by atoms with van der Waals surface area (Å²) in [6, 6.07) is 17.7. The first-order valence-electron chi connectivity index (χ1n) is 10.0. The molecule has 6 heteroatoms. The Hall–Kier alpha value is -2.76. The van der Waals surface area contributed by atoms with E-state index in [2.05, 4.69) is 29.4 Å². The highest BCUT2D eigenvalue weighted by molar-refractivity contribution is 6.32. The zero-order chi connectivity index (χ0) is 21.2. The lowest BCUT2D eigenvalue weighted by Gasteiger charge is -2.16. The first-order chi connectivity index (χ1) is 14.7. The summed E-state index contributed by atoms with van der Waals surface area (Å²) in [6.45, 7) is 6.83. The van der Waals surface area contributed by atoms with Crippen LogP contribution in [0.3, 0.4) is 0 Å². The van der Waals surface area contributed by atoms with Gasteiger partial charge in [-0.05, 0) is 43.2 Å². The maximum atomic E-state index is 6.52. The molecular weight excluding hydrogens is 400 g/mol. The number of hydrogen-bond acceptors (Lipinski definition) is 5. The van der Waals surface area contributed by atoms with Crippen molar-refractivity contribution >= 4 is 11.6 Å². The second-order valence-corrected chi connectivity index (χ2v) is 7.22. The summed E-state index contributed by atoms with van der Waals surface area (Å²) in [5.41, 5.74) is 3.30. The van der Waals surface area contributed by atoms with Crippen molar-refractivity contribution in [3.05, 3.63) is 82.5 Å². The van der Waals surface area contributed by atoms with Crippen molar-refractivity contribution in [2.75, 3.05) is 19.8 Å². The third kappa shape index (κ3) is 6.65. The standard InChI is InChI=1S/C24H27ClN2O3/c1-3-28-22-15-20(16-26-11-12-29-23-9-4-5-10-27-23)14-21(25)24(22)30-17-19-8-6-7-18(2)13-19/h4-10,13-15,26H,3,11-12,16-17H2,1-2H3. The molecule has 2 aromatic carbocycles. The molecule has 1 aromatic heterocycles. The van der Waals surface area contributed by atoms with E-state index in [4.69, 9.17) is 25.8 Å². The second-order valence-electron chi connectivity index (χ2n) is 6.81. The highest BCUT2D eigenvalue weighted by Crippen LogP contribution is 2.37. The van der Waals surface area contributed by atoms with Gasteiger partial charge in [-0.15, -0.1) is 0 Å². The van der Waals surface area contributed by atoms with Gasteiger partial charge in [0.05, 0.1) is 11.6 Å². The Morgan fingerprint density at radius 3 is 2.63 bits per heavy atom. The van der Waals surface area contributed by atoms with Crippen molar-refractivity contribution in [1.29, 1.82) is 0 Å². The Kier molecular flexibility index (Phi) is 8.36. The van der Waals surface area contributed by atoms with Crippen molar-refractivity contribution in [3.63, 3.8) is 0 Å². The predicted molar refractivity (Wildman–Crippen MR) is 120 cm³/mol. The van der Waals surface area contributed by atoms with E-state index in [0.29, 0.717) is 55.3 Å². The number of aromatic nitrogens is 1. The molecule has 5 nitrogen and oxygen atoms in total. The number of nitrogens with one attached hydrogen (secondary N) is 1. The predicted octanol–water partition coefficient (Wildman–Crippen LogP) is 5.19. The number of hydrogen-bond donors (Lipinski definition) is 1. The zero-order valence-electron chi connectivity index (χ0n) is 17.4. The fourth-order valence-electron chi connectivity index (χ4n) is 2.98. The molecule has 0 atom stereocenters. The summed E-state index contributed by atoms with van der Waals surface area (Å²) >= 11 is 6.52. The number of aryl methyl sites for hydroxylation is 1. The summed E-state index contributed by atoms with van der Waals surface area (Å²) in [4.78, 5) is 4.13. The Morgan fingerprint density at radius 1 is 0.967 bits per heavy atom. The fourth-order valence-corrected chi connectivity index (χ4v) is 3.26. The van der Waals surface area contributed by atoms with Crippen molar-refractivity contribution in [2.24, 2.45) is 0 Å². The van der Waals surface area contributed by atoms with Crippen LogP contribution in [-0.4, -0.2) is 24.7 Å². The van der Waals surface area contributed by atoms with Crippen LogP contribution in [-0.2, 0) is 13.2 Å². The molecule has 0 saturated carbocycles. The van der Waals surface area contributed by atoms with Gasteiger partial charge in [0.2, 0.25) is 5.88 Å². The van der Waals surface area contributed by atoms with Crippen LogP contribution in [0.2, 0.25) is 5.02 Å². The van der Waals surface area contributed by atoms with Crippen LogP contribution in [0.5, 0.6) is 17.4 Å². The molecule has 1 heterocycles. The Balaban J connectivity index is 1.56. The number of nitrogens with zero attached hydrogens (tertiary/aromatic N) is 1. The molecule has 0 fully saturated rings. The monoisotopic (exact) mass is 426 g/mol. The first-order valence-corrected chi connectivity index (χ1v) is 10.4. The Labute approximate surface area is 183 Å². The Bertz CT molecular complexity index is 935. The van der Waals surface area contributed by atoms with E-state index >= 15 is 0 Å². The number of rotatable bonds is 11. The maximum Gasteiger partial charge on any atom is 0.213 e. The minimum absolute atomic E-state index is 0.434. The zero-order valence-corrected chi connectivity index (χ0v) is 18.1. The van der Waals surface area contributed by atoms with Crippen molar-refractivity contribution in [1.82, 2.24) is 10.3 Å². The van der Waals surface area contributed by atoms with Crippen LogP contribution < -0.4 is 19.5 Å². The van der Waals surface area contributed by atoms with E-state index in [1.54, 1.807) is 6.20 Å². The first kappa shape index (κ1) is 21.9. The van der Waals surface area contributed by atoms with Gasteiger partial charge < -0.3 is 19.5 Å². The quantitative estimate of drug-likeness (QED) is 0.427. The SMILES string of the molecule is CCOc1cc(CNCCOc2ccccn2)cc(Cl)c1OCc1cccc(C)c1. The van der Waals surface area contributed by atoms with Gasteiger partial charge in [0.25, 0.3) is 0 Å². The summed E-state index contributed by atoms with van der Waals surface area (Å²) in [6.07, 6.45) is 1.71. The highest BCUT2D eigenvalue weighted by atomic mass is 35.5. The van der Waals surface area contributed by atoms with Crippen molar-refractivity contribution < 1.29 is 14.2 Å². The van der Waals surface area contributed by atoms with Crippen molar-refractivity contribution in [3.8, 4) is 17.4 Å². The van der Waals surface area contributed by atoms with E-state index in [9.17, 15) is 0 Å². The van der Waals surface area contributed by atoms with Gasteiger partial charge in [-0.1, -0.05) is 47.5 Å².